The molecule has 0 unspecified atom stereocenters. The molecule has 1 atom stereocenters. The maximum atomic E-state index is 13.4. The van der Waals surface area contributed by atoms with Gasteiger partial charge in [-0.2, -0.15) is 18.4 Å². The predicted molar refractivity (Wildman–Crippen MR) is 84.6 cm³/mol. The molecule has 0 aliphatic carbocycles. The highest BCUT2D eigenvalue weighted by Crippen LogP contribution is 2.41. The zero-order valence-corrected chi connectivity index (χ0v) is 13.9. The fourth-order valence-corrected chi connectivity index (χ4v) is 3.11. The summed E-state index contributed by atoms with van der Waals surface area (Å²) >= 11 is 6.10. The van der Waals surface area contributed by atoms with Crippen LogP contribution < -0.4 is 4.90 Å². The third-order valence-electron chi connectivity index (χ3n) is 4.06. The van der Waals surface area contributed by atoms with E-state index < -0.39 is 23.5 Å². The standard InChI is InChI=1S/C15H14ClF3N4O2/c1-7-10(16)11-12(21-7)13(23-2-3-25-8(5-23)6-24)9(4-20)14(22-11)15(17,18)19/h8,21,24H,2-3,5-6H2,1H3/t8-/m1/s1. The molecule has 1 saturated heterocycles. The molecule has 2 aromatic rings. The van der Waals surface area contributed by atoms with Crippen molar-refractivity contribution in [2.75, 3.05) is 31.2 Å². The summed E-state index contributed by atoms with van der Waals surface area (Å²) in [7, 11) is 0. The Labute approximate surface area is 145 Å². The topological polar surface area (TPSA) is 85.2 Å². The summed E-state index contributed by atoms with van der Waals surface area (Å²) in [5.74, 6) is 0. The van der Waals surface area contributed by atoms with Crippen molar-refractivity contribution >= 4 is 28.3 Å². The second kappa shape index (κ2) is 6.37. The molecule has 6 nitrogen and oxygen atoms in total. The average molecular weight is 375 g/mol. The van der Waals surface area contributed by atoms with Crippen LogP contribution in [0.4, 0.5) is 18.9 Å². The van der Waals surface area contributed by atoms with E-state index in [1.54, 1.807) is 17.9 Å². The monoisotopic (exact) mass is 374 g/mol. The molecular weight excluding hydrogens is 361 g/mol. The highest BCUT2D eigenvalue weighted by molar-refractivity contribution is 6.36. The number of ether oxygens (including phenoxy) is 1. The van der Waals surface area contributed by atoms with Crippen LogP contribution in [0.3, 0.4) is 0 Å². The normalized spacial score (nSPS) is 18.6. The van der Waals surface area contributed by atoms with E-state index in [4.69, 9.17) is 16.3 Å². The van der Waals surface area contributed by atoms with Gasteiger partial charge in [0.1, 0.15) is 17.1 Å². The first-order valence-corrected chi connectivity index (χ1v) is 7.82. The fourth-order valence-electron chi connectivity index (χ4n) is 2.93. The van der Waals surface area contributed by atoms with Crippen molar-refractivity contribution in [3.63, 3.8) is 0 Å². The van der Waals surface area contributed by atoms with Gasteiger partial charge in [-0.15, -0.1) is 0 Å². The van der Waals surface area contributed by atoms with Gasteiger partial charge in [0.2, 0.25) is 0 Å². The molecule has 0 amide bonds. The summed E-state index contributed by atoms with van der Waals surface area (Å²) in [5, 5.41) is 18.8. The minimum Gasteiger partial charge on any atom is -0.394 e. The lowest BCUT2D eigenvalue weighted by molar-refractivity contribution is -0.141. The molecule has 0 radical (unpaired) electrons. The van der Waals surface area contributed by atoms with Crippen LogP contribution in [0.5, 0.6) is 0 Å². The summed E-state index contributed by atoms with van der Waals surface area (Å²) < 4.78 is 45.7. The average Bonchev–Trinajstić information content (AvgIpc) is 2.86. The van der Waals surface area contributed by atoms with Gasteiger partial charge in [0, 0.05) is 18.8 Å². The molecule has 2 N–H and O–H groups in total. The number of nitrogens with zero attached hydrogens (tertiary/aromatic N) is 3. The van der Waals surface area contributed by atoms with E-state index in [0.29, 0.717) is 5.69 Å². The minimum atomic E-state index is -4.80. The van der Waals surface area contributed by atoms with Gasteiger partial charge >= 0.3 is 6.18 Å². The van der Waals surface area contributed by atoms with Crippen molar-refractivity contribution in [1.82, 2.24) is 9.97 Å². The number of H-pyrrole nitrogens is 1. The lowest BCUT2D eigenvalue weighted by Gasteiger charge is -2.34. The minimum absolute atomic E-state index is 0.0347. The van der Waals surface area contributed by atoms with Gasteiger partial charge in [0.25, 0.3) is 0 Å². The number of anilines is 1. The zero-order chi connectivity index (χ0) is 18.4. The summed E-state index contributed by atoms with van der Waals surface area (Å²) in [4.78, 5) is 8.13. The molecule has 134 valence electrons. The summed E-state index contributed by atoms with van der Waals surface area (Å²) in [6, 6.07) is 1.63. The van der Waals surface area contributed by atoms with E-state index in [0.717, 1.165) is 0 Å². The van der Waals surface area contributed by atoms with E-state index in [9.17, 15) is 23.5 Å². The number of halogens is 4. The molecule has 1 aliphatic heterocycles. The smallest absolute Gasteiger partial charge is 0.394 e. The molecule has 1 aliphatic rings. The van der Waals surface area contributed by atoms with Crippen LogP contribution in [0.2, 0.25) is 5.02 Å². The number of hydrogen-bond donors (Lipinski definition) is 2. The van der Waals surface area contributed by atoms with Crippen LogP contribution in [0.1, 0.15) is 17.0 Å². The van der Waals surface area contributed by atoms with Crippen molar-refractivity contribution in [3.05, 3.63) is 22.0 Å². The van der Waals surface area contributed by atoms with Gasteiger partial charge < -0.3 is 19.7 Å². The van der Waals surface area contributed by atoms with E-state index in [-0.39, 0.29) is 48.0 Å². The van der Waals surface area contributed by atoms with Gasteiger partial charge in [0.15, 0.2) is 5.69 Å². The van der Waals surface area contributed by atoms with Crippen molar-refractivity contribution in [2.45, 2.75) is 19.2 Å². The summed E-state index contributed by atoms with van der Waals surface area (Å²) in [6.45, 7) is 1.98. The van der Waals surface area contributed by atoms with E-state index in [2.05, 4.69) is 9.97 Å². The second-order valence-corrected chi connectivity index (χ2v) is 6.08. The fraction of sp³-hybridized carbons (Fsp3) is 0.467. The Morgan fingerprint density at radius 1 is 1.52 bits per heavy atom. The number of rotatable bonds is 2. The quantitative estimate of drug-likeness (QED) is 0.844. The van der Waals surface area contributed by atoms with Crippen LogP contribution in [-0.2, 0) is 10.9 Å². The number of aliphatic hydroxyl groups excluding tert-OH is 1. The number of aliphatic hydroxyl groups is 1. The Balaban J connectivity index is 2.31. The maximum Gasteiger partial charge on any atom is 0.434 e. The van der Waals surface area contributed by atoms with Gasteiger partial charge in [-0.25, -0.2) is 4.98 Å². The number of fused-ring (bicyclic) bond motifs is 1. The molecule has 0 saturated carbocycles. The Bertz CT molecular complexity index is 859. The van der Waals surface area contributed by atoms with Gasteiger partial charge in [-0.3, -0.25) is 0 Å². The number of aromatic amines is 1. The maximum absolute atomic E-state index is 13.4. The zero-order valence-electron chi connectivity index (χ0n) is 13.1. The van der Waals surface area contributed by atoms with Gasteiger partial charge in [-0.1, -0.05) is 11.6 Å². The van der Waals surface area contributed by atoms with Crippen LogP contribution in [0.25, 0.3) is 11.0 Å². The predicted octanol–water partition coefficient (Wildman–Crippen LogP) is 2.61. The lowest BCUT2D eigenvalue weighted by atomic mass is 10.1. The molecule has 0 spiro atoms. The third-order valence-corrected chi connectivity index (χ3v) is 4.52. The Kier molecular flexibility index (Phi) is 4.53. The van der Waals surface area contributed by atoms with Crippen molar-refractivity contribution in [1.29, 1.82) is 5.26 Å². The number of aromatic nitrogens is 2. The second-order valence-electron chi connectivity index (χ2n) is 5.70. The number of nitriles is 1. The van der Waals surface area contributed by atoms with Gasteiger partial charge in [-0.05, 0) is 6.92 Å². The largest absolute Gasteiger partial charge is 0.434 e. The van der Waals surface area contributed by atoms with Crippen LogP contribution in [-0.4, -0.2) is 47.5 Å². The molecule has 0 aromatic carbocycles. The molecular formula is C15H14ClF3N4O2. The molecule has 3 heterocycles. The van der Waals surface area contributed by atoms with Crippen molar-refractivity contribution in [2.24, 2.45) is 0 Å². The highest BCUT2D eigenvalue weighted by atomic mass is 35.5. The highest BCUT2D eigenvalue weighted by Gasteiger charge is 2.40. The first kappa shape index (κ1) is 17.8. The van der Waals surface area contributed by atoms with Crippen molar-refractivity contribution in [3.8, 4) is 6.07 Å². The number of nitrogens with one attached hydrogen (secondary N) is 1. The first-order valence-electron chi connectivity index (χ1n) is 7.44. The van der Waals surface area contributed by atoms with Gasteiger partial charge in [0.05, 0.1) is 35.5 Å². The number of morpholine rings is 1. The number of pyridine rings is 1. The molecule has 0 bridgehead atoms. The van der Waals surface area contributed by atoms with E-state index >= 15 is 0 Å². The molecule has 10 heteroatoms. The van der Waals surface area contributed by atoms with Crippen molar-refractivity contribution < 1.29 is 23.0 Å². The lowest BCUT2D eigenvalue weighted by Crippen LogP contribution is -2.44. The Morgan fingerprint density at radius 2 is 2.24 bits per heavy atom. The third kappa shape index (κ3) is 3.01. The summed E-state index contributed by atoms with van der Waals surface area (Å²) in [6.07, 6.45) is -5.35. The van der Waals surface area contributed by atoms with Crippen LogP contribution in [0, 0.1) is 18.3 Å². The Morgan fingerprint density at radius 3 is 2.84 bits per heavy atom. The Hall–Kier alpha value is -2.02. The molecule has 3 rings (SSSR count). The SMILES string of the molecule is Cc1[nH]c2c(N3CCO[C@@H](CO)C3)c(C#N)c(C(F)(F)F)nc2c1Cl. The van der Waals surface area contributed by atoms with Crippen LogP contribution in [0.15, 0.2) is 0 Å². The number of hydrogen-bond acceptors (Lipinski definition) is 5. The van der Waals surface area contributed by atoms with E-state index in [1.807, 2.05) is 0 Å². The van der Waals surface area contributed by atoms with Crippen LogP contribution >= 0.6 is 11.6 Å². The van der Waals surface area contributed by atoms with E-state index in [1.165, 1.54) is 0 Å². The molecule has 25 heavy (non-hydrogen) atoms. The summed E-state index contributed by atoms with van der Waals surface area (Å²) in [5.41, 5.74) is -1.07. The molecule has 2 aromatic heterocycles. The first-order chi connectivity index (χ1) is 11.8. The number of alkyl halides is 3. The number of aryl methyl sites for hydroxylation is 1. The molecule has 1 fully saturated rings.